The van der Waals surface area contributed by atoms with E-state index in [1.165, 1.54) is 11.3 Å². The Morgan fingerprint density at radius 3 is 2.63 bits per heavy atom. The van der Waals surface area contributed by atoms with Crippen molar-refractivity contribution in [1.29, 1.82) is 0 Å². The average molecular weight is 421 g/mol. The van der Waals surface area contributed by atoms with Gasteiger partial charge in [-0.05, 0) is 48.9 Å². The van der Waals surface area contributed by atoms with Crippen molar-refractivity contribution in [2.24, 2.45) is 4.99 Å². The second-order valence-corrected chi connectivity index (χ2v) is 7.76. The quantitative estimate of drug-likeness (QED) is 0.394. The summed E-state index contributed by atoms with van der Waals surface area (Å²) in [7, 11) is 0. The second-order valence-electron chi connectivity index (χ2n) is 6.75. The molecule has 0 bridgehead atoms. The van der Waals surface area contributed by atoms with E-state index in [0.29, 0.717) is 36.7 Å². The number of carbonyl (C=O) groups is 1. The van der Waals surface area contributed by atoms with Crippen LogP contribution in [-0.2, 0) is 11.3 Å². The van der Waals surface area contributed by atoms with Crippen LogP contribution in [0.2, 0.25) is 0 Å². The largest absolute Gasteiger partial charge is 0.492 e. The van der Waals surface area contributed by atoms with Crippen molar-refractivity contribution in [3.8, 4) is 5.75 Å². The summed E-state index contributed by atoms with van der Waals surface area (Å²) in [6.07, 6.45) is 0. The fourth-order valence-electron chi connectivity index (χ4n) is 3.44. The minimum Gasteiger partial charge on any atom is -0.492 e. The molecule has 0 spiro atoms. The van der Waals surface area contributed by atoms with Crippen LogP contribution in [0.4, 0.5) is 0 Å². The summed E-state index contributed by atoms with van der Waals surface area (Å²) < 4.78 is 14.5. The summed E-state index contributed by atoms with van der Waals surface area (Å²) in [5.74, 6) is 0.540. The van der Waals surface area contributed by atoms with E-state index in [1.807, 2.05) is 79.1 Å². The lowest BCUT2D eigenvalue weighted by Crippen LogP contribution is -2.20. The number of thiazole rings is 1. The van der Waals surface area contributed by atoms with E-state index in [1.54, 1.807) is 0 Å². The molecular formula is C24H24N2O3S. The van der Waals surface area contributed by atoms with Gasteiger partial charge in [-0.3, -0.25) is 4.79 Å². The predicted octanol–water partition coefficient (Wildman–Crippen LogP) is 5.03. The van der Waals surface area contributed by atoms with E-state index >= 15 is 0 Å². The van der Waals surface area contributed by atoms with E-state index in [9.17, 15) is 4.79 Å². The van der Waals surface area contributed by atoms with Crippen molar-refractivity contribution >= 4 is 38.2 Å². The number of carbonyl (C=O) groups excluding carboxylic acids is 1. The number of ether oxygens (including phenoxy) is 2. The molecule has 0 atom stereocenters. The van der Waals surface area contributed by atoms with Crippen molar-refractivity contribution in [2.75, 3.05) is 19.8 Å². The van der Waals surface area contributed by atoms with E-state index in [4.69, 9.17) is 9.47 Å². The first-order chi connectivity index (χ1) is 14.7. The third-order valence-corrected chi connectivity index (χ3v) is 5.86. The summed E-state index contributed by atoms with van der Waals surface area (Å²) in [6, 6.07) is 19.6. The van der Waals surface area contributed by atoms with Crippen LogP contribution >= 0.6 is 11.3 Å². The highest BCUT2D eigenvalue weighted by Crippen LogP contribution is 2.27. The number of hydrogen-bond acceptors (Lipinski definition) is 4. The normalized spacial score (nSPS) is 12.0. The molecule has 1 aromatic heterocycles. The lowest BCUT2D eigenvalue weighted by Gasteiger charge is -2.10. The zero-order valence-corrected chi connectivity index (χ0v) is 17.9. The van der Waals surface area contributed by atoms with Gasteiger partial charge in [-0.15, -0.1) is 0 Å². The van der Waals surface area contributed by atoms with E-state index < -0.39 is 0 Å². The minimum atomic E-state index is -0.254. The van der Waals surface area contributed by atoms with Crippen LogP contribution in [0.1, 0.15) is 24.2 Å². The van der Waals surface area contributed by atoms with Gasteiger partial charge in [-0.2, -0.15) is 4.99 Å². The smallest absolute Gasteiger partial charge is 0.279 e. The van der Waals surface area contributed by atoms with Crippen LogP contribution in [0.25, 0.3) is 21.0 Å². The molecule has 0 aliphatic rings. The molecule has 0 N–H and O–H groups in total. The number of nitrogens with zero attached hydrogens (tertiary/aromatic N) is 2. The first-order valence-corrected chi connectivity index (χ1v) is 10.9. The number of para-hydroxylation sites is 1. The molecule has 1 amide bonds. The molecule has 3 aromatic carbocycles. The first-order valence-electron chi connectivity index (χ1n) is 10.1. The molecule has 0 radical (unpaired) electrons. The lowest BCUT2D eigenvalue weighted by molar-refractivity contribution is 0.0996. The average Bonchev–Trinajstić information content (AvgIpc) is 3.11. The molecule has 0 saturated carbocycles. The highest BCUT2D eigenvalue weighted by molar-refractivity contribution is 7.16. The Labute approximate surface area is 179 Å². The number of rotatable bonds is 7. The van der Waals surface area contributed by atoms with Gasteiger partial charge in [0.05, 0.1) is 17.9 Å². The SMILES string of the molecule is CCOCCn1c(=NC(=O)c2ccc3ccccc3c2)sc2cccc(OCC)c21. The maximum Gasteiger partial charge on any atom is 0.279 e. The number of hydrogen-bond donors (Lipinski definition) is 0. The monoisotopic (exact) mass is 420 g/mol. The molecule has 30 heavy (non-hydrogen) atoms. The highest BCUT2D eigenvalue weighted by Gasteiger charge is 2.13. The predicted molar refractivity (Wildman–Crippen MR) is 121 cm³/mol. The van der Waals surface area contributed by atoms with Crippen molar-refractivity contribution in [1.82, 2.24) is 4.57 Å². The molecule has 1 heterocycles. The van der Waals surface area contributed by atoms with Crippen molar-refractivity contribution in [3.05, 3.63) is 71.0 Å². The van der Waals surface area contributed by atoms with Gasteiger partial charge in [0.15, 0.2) is 4.80 Å². The number of amides is 1. The van der Waals surface area contributed by atoms with Crippen LogP contribution in [0.15, 0.2) is 65.7 Å². The van der Waals surface area contributed by atoms with Crippen LogP contribution in [0.5, 0.6) is 5.75 Å². The summed E-state index contributed by atoms with van der Waals surface area (Å²) in [4.78, 5) is 18.1. The van der Waals surface area contributed by atoms with Gasteiger partial charge in [0.2, 0.25) is 0 Å². The Balaban J connectivity index is 1.80. The Morgan fingerprint density at radius 2 is 1.83 bits per heavy atom. The molecular weight excluding hydrogens is 396 g/mol. The fourth-order valence-corrected chi connectivity index (χ4v) is 4.51. The van der Waals surface area contributed by atoms with E-state index in [2.05, 4.69) is 4.99 Å². The molecule has 0 aliphatic carbocycles. The number of aromatic nitrogens is 1. The summed E-state index contributed by atoms with van der Waals surface area (Å²) in [5.41, 5.74) is 1.53. The van der Waals surface area contributed by atoms with Crippen molar-refractivity contribution in [3.63, 3.8) is 0 Å². The molecule has 0 aliphatic heterocycles. The van der Waals surface area contributed by atoms with Gasteiger partial charge in [0, 0.05) is 18.7 Å². The molecule has 5 nitrogen and oxygen atoms in total. The van der Waals surface area contributed by atoms with E-state index in [0.717, 1.165) is 26.7 Å². The summed E-state index contributed by atoms with van der Waals surface area (Å²) in [5, 5.41) is 2.13. The summed E-state index contributed by atoms with van der Waals surface area (Å²) in [6.45, 7) is 6.29. The maximum absolute atomic E-state index is 13.0. The highest BCUT2D eigenvalue weighted by atomic mass is 32.1. The third kappa shape index (κ3) is 4.15. The van der Waals surface area contributed by atoms with Gasteiger partial charge < -0.3 is 14.0 Å². The topological polar surface area (TPSA) is 52.8 Å². The molecule has 4 rings (SSSR count). The molecule has 0 fully saturated rings. The molecule has 6 heteroatoms. The number of fused-ring (bicyclic) bond motifs is 2. The Kier molecular flexibility index (Phi) is 6.26. The third-order valence-electron chi connectivity index (χ3n) is 4.82. The fraction of sp³-hybridized carbons (Fsp3) is 0.250. The van der Waals surface area contributed by atoms with Gasteiger partial charge in [-0.1, -0.05) is 47.7 Å². The first kappa shape index (κ1) is 20.3. The van der Waals surface area contributed by atoms with Gasteiger partial charge in [0.1, 0.15) is 11.3 Å². The second kappa shape index (κ2) is 9.24. The zero-order valence-electron chi connectivity index (χ0n) is 17.1. The van der Waals surface area contributed by atoms with Crippen LogP contribution in [0.3, 0.4) is 0 Å². The van der Waals surface area contributed by atoms with Gasteiger partial charge in [0.25, 0.3) is 5.91 Å². The molecule has 0 unspecified atom stereocenters. The minimum absolute atomic E-state index is 0.254. The Morgan fingerprint density at radius 1 is 1.00 bits per heavy atom. The van der Waals surface area contributed by atoms with Crippen LogP contribution < -0.4 is 9.54 Å². The Hall–Kier alpha value is -2.96. The molecule has 4 aromatic rings. The van der Waals surface area contributed by atoms with Crippen LogP contribution in [-0.4, -0.2) is 30.3 Å². The van der Waals surface area contributed by atoms with Gasteiger partial charge in [-0.25, -0.2) is 0 Å². The van der Waals surface area contributed by atoms with Gasteiger partial charge >= 0.3 is 0 Å². The summed E-state index contributed by atoms with van der Waals surface area (Å²) >= 11 is 1.49. The zero-order chi connectivity index (χ0) is 20.9. The van der Waals surface area contributed by atoms with Crippen molar-refractivity contribution in [2.45, 2.75) is 20.4 Å². The molecule has 0 saturated heterocycles. The standard InChI is InChI=1S/C24H24N2O3S/c1-3-28-15-14-26-22-20(29-4-2)10-7-11-21(22)30-24(26)25-23(27)19-13-12-17-8-5-6-9-18(17)16-19/h5-13,16H,3-4,14-15H2,1-2H3. The Bertz CT molecular complexity index is 1260. The van der Waals surface area contributed by atoms with Crippen molar-refractivity contribution < 1.29 is 14.3 Å². The van der Waals surface area contributed by atoms with Crippen LogP contribution in [0, 0.1) is 0 Å². The maximum atomic E-state index is 13.0. The molecule has 154 valence electrons. The van der Waals surface area contributed by atoms with E-state index in [-0.39, 0.29) is 5.91 Å². The number of benzene rings is 3. The lowest BCUT2D eigenvalue weighted by atomic mass is 10.1.